The third kappa shape index (κ3) is 2.20. The number of carbonyl (C=O) groups is 3. The van der Waals surface area contributed by atoms with Gasteiger partial charge in [0, 0.05) is 0 Å². The van der Waals surface area contributed by atoms with Crippen LogP contribution in [-0.2, 0) is 14.4 Å². The Bertz CT molecular complexity index is 726. The number of anilines is 1. The number of nitrogens with one attached hydrogen (secondary N) is 1. The highest BCUT2D eigenvalue weighted by Gasteiger charge is 2.58. The van der Waals surface area contributed by atoms with E-state index in [-0.39, 0.29) is 35.5 Å². The van der Waals surface area contributed by atoms with E-state index in [1.165, 1.54) is 11.3 Å². The summed E-state index contributed by atoms with van der Waals surface area (Å²) in [6.45, 7) is 3.38. The van der Waals surface area contributed by atoms with E-state index in [9.17, 15) is 14.4 Å². The van der Waals surface area contributed by atoms with Gasteiger partial charge >= 0.3 is 0 Å². The lowest BCUT2D eigenvalue weighted by atomic mass is 9.63. The van der Waals surface area contributed by atoms with Gasteiger partial charge in [-0.2, -0.15) is 0 Å². The summed E-state index contributed by atoms with van der Waals surface area (Å²) in [6.07, 6.45) is 6.02. The number of aromatic nitrogens is 2. The molecule has 1 aliphatic heterocycles. The molecule has 8 heteroatoms. The van der Waals surface area contributed by atoms with Crippen molar-refractivity contribution in [2.75, 3.05) is 5.32 Å². The van der Waals surface area contributed by atoms with Crippen LogP contribution in [0.25, 0.3) is 0 Å². The molecule has 1 saturated heterocycles. The van der Waals surface area contributed by atoms with Gasteiger partial charge in [-0.25, -0.2) is 0 Å². The van der Waals surface area contributed by atoms with Crippen LogP contribution in [0.2, 0.25) is 0 Å². The zero-order valence-corrected chi connectivity index (χ0v) is 14.2. The largest absolute Gasteiger partial charge is 0.299 e. The Labute approximate surface area is 143 Å². The second-order valence-electron chi connectivity index (χ2n) is 6.68. The number of nitrogens with zero attached hydrogens (tertiary/aromatic N) is 3. The summed E-state index contributed by atoms with van der Waals surface area (Å²) in [6, 6.07) is -0.848. The molecule has 1 aromatic heterocycles. The van der Waals surface area contributed by atoms with Crippen molar-refractivity contribution in [1.82, 2.24) is 15.1 Å². The fraction of sp³-hybridized carbons (Fsp3) is 0.562. The number of allylic oxidation sites excluding steroid dienone is 2. The molecule has 7 nitrogen and oxygen atoms in total. The van der Waals surface area contributed by atoms with Crippen LogP contribution in [0.3, 0.4) is 0 Å². The van der Waals surface area contributed by atoms with Crippen LogP contribution in [0, 0.1) is 30.6 Å². The van der Waals surface area contributed by atoms with Crippen LogP contribution in [0.4, 0.5) is 5.13 Å². The summed E-state index contributed by atoms with van der Waals surface area (Å²) in [4.78, 5) is 39.2. The second kappa shape index (κ2) is 5.47. The first kappa shape index (κ1) is 15.4. The molecule has 5 rings (SSSR count). The SMILES string of the molecule is Cc1nnc(NC(=O)[C@H](C)N2C(=O)[C@H]3[C@H](C2=O)[C@H]2C=C[C@H]3CC2)s1. The number of carbonyl (C=O) groups excluding carboxylic acids is 3. The lowest BCUT2D eigenvalue weighted by molar-refractivity contribution is -0.146. The summed E-state index contributed by atoms with van der Waals surface area (Å²) >= 11 is 1.26. The Balaban J connectivity index is 1.54. The average molecular weight is 346 g/mol. The van der Waals surface area contributed by atoms with E-state index in [4.69, 9.17) is 0 Å². The maximum Gasteiger partial charge on any atom is 0.249 e. The van der Waals surface area contributed by atoms with Crippen LogP contribution >= 0.6 is 11.3 Å². The smallest absolute Gasteiger partial charge is 0.249 e. The molecule has 0 radical (unpaired) electrons. The first-order chi connectivity index (χ1) is 11.5. The van der Waals surface area contributed by atoms with Crippen molar-refractivity contribution >= 4 is 34.2 Å². The Morgan fingerprint density at radius 1 is 1.21 bits per heavy atom. The molecule has 2 fully saturated rings. The van der Waals surface area contributed by atoms with Crippen molar-refractivity contribution in [3.05, 3.63) is 17.2 Å². The van der Waals surface area contributed by atoms with Crippen molar-refractivity contribution in [2.24, 2.45) is 23.7 Å². The Morgan fingerprint density at radius 3 is 2.25 bits per heavy atom. The quantitative estimate of drug-likeness (QED) is 0.659. The van der Waals surface area contributed by atoms with E-state index in [2.05, 4.69) is 27.7 Å². The highest BCUT2D eigenvalue weighted by molar-refractivity contribution is 7.15. The maximum atomic E-state index is 12.8. The molecule has 126 valence electrons. The minimum atomic E-state index is -0.848. The van der Waals surface area contributed by atoms with Crippen LogP contribution in [0.1, 0.15) is 24.8 Å². The molecule has 0 aromatic carbocycles. The van der Waals surface area contributed by atoms with Crippen LogP contribution in [0.15, 0.2) is 12.2 Å². The van der Waals surface area contributed by atoms with E-state index >= 15 is 0 Å². The molecular weight excluding hydrogens is 328 g/mol. The number of amides is 3. The van der Waals surface area contributed by atoms with Gasteiger partial charge in [0.25, 0.3) is 0 Å². The van der Waals surface area contributed by atoms with E-state index in [0.717, 1.165) is 22.7 Å². The molecule has 3 amide bonds. The fourth-order valence-corrected chi connectivity index (χ4v) is 4.75. The number of hydrogen-bond acceptors (Lipinski definition) is 6. The van der Waals surface area contributed by atoms with Gasteiger partial charge in [-0.15, -0.1) is 10.2 Å². The molecule has 0 unspecified atom stereocenters. The topological polar surface area (TPSA) is 92.3 Å². The Kier molecular flexibility index (Phi) is 3.52. The Hall–Kier alpha value is -2.09. The molecule has 4 aliphatic rings. The first-order valence-electron chi connectivity index (χ1n) is 8.13. The zero-order chi connectivity index (χ0) is 17.0. The van der Waals surface area contributed by atoms with Gasteiger partial charge < -0.3 is 0 Å². The van der Waals surface area contributed by atoms with E-state index in [1.54, 1.807) is 13.8 Å². The highest BCUT2D eigenvalue weighted by atomic mass is 32.1. The minimum Gasteiger partial charge on any atom is -0.299 e. The molecule has 2 heterocycles. The van der Waals surface area contributed by atoms with Gasteiger partial charge in [0.15, 0.2) is 0 Å². The average Bonchev–Trinajstić information content (AvgIpc) is 3.10. The molecule has 1 N–H and O–H groups in total. The third-order valence-corrected chi connectivity index (χ3v) is 6.07. The normalized spacial score (nSPS) is 32.2. The molecule has 24 heavy (non-hydrogen) atoms. The van der Waals surface area contributed by atoms with Crippen molar-refractivity contribution in [2.45, 2.75) is 32.7 Å². The van der Waals surface area contributed by atoms with E-state index < -0.39 is 11.9 Å². The lowest BCUT2D eigenvalue weighted by Crippen LogP contribution is -2.46. The van der Waals surface area contributed by atoms with Crippen molar-refractivity contribution in [3.8, 4) is 0 Å². The van der Waals surface area contributed by atoms with Gasteiger partial charge in [-0.1, -0.05) is 23.5 Å². The van der Waals surface area contributed by atoms with Crippen LogP contribution < -0.4 is 5.32 Å². The van der Waals surface area contributed by atoms with Gasteiger partial charge in [-0.3, -0.25) is 24.6 Å². The van der Waals surface area contributed by atoms with Gasteiger partial charge in [0.1, 0.15) is 11.0 Å². The van der Waals surface area contributed by atoms with Crippen molar-refractivity contribution in [3.63, 3.8) is 0 Å². The van der Waals surface area contributed by atoms with Gasteiger partial charge in [-0.05, 0) is 38.5 Å². The summed E-state index contributed by atoms with van der Waals surface area (Å²) in [5.74, 6) is -1.15. The summed E-state index contributed by atoms with van der Waals surface area (Å²) in [7, 11) is 0. The summed E-state index contributed by atoms with van der Waals surface area (Å²) < 4.78 is 0. The van der Waals surface area contributed by atoms with E-state index in [0.29, 0.717) is 5.13 Å². The van der Waals surface area contributed by atoms with E-state index in [1.807, 2.05) is 0 Å². The molecule has 5 atom stereocenters. The van der Waals surface area contributed by atoms with Gasteiger partial charge in [0.2, 0.25) is 22.9 Å². The summed E-state index contributed by atoms with van der Waals surface area (Å²) in [5.41, 5.74) is 0. The lowest BCUT2D eigenvalue weighted by Gasteiger charge is -2.38. The number of imide groups is 1. The molecule has 1 saturated carbocycles. The molecule has 3 aliphatic carbocycles. The predicted molar refractivity (Wildman–Crippen MR) is 86.9 cm³/mol. The maximum absolute atomic E-state index is 12.8. The molecule has 2 bridgehead atoms. The number of rotatable bonds is 3. The highest BCUT2D eigenvalue weighted by Crippen LogP contribution is 2.49. The fourth-order valence-electron chi connectivity index (χ4n) is 4.15. The predicted octanol–water partition coefficient (Wildman–Crippen LogP) is 1.37. The third-order valence-electron chi connectivity index (χ3n) is 5.32. The summed E-state index contributed by atoms with van der Waals surface area (Å²) in [5, 5.41) is 11.4. The monoisotopic (exact) mass is 346 g/mol. The van der Waals surface area contributed by atoms with Crippen molar-refractivity contribution in [1.29, 1.82) is 0 Å². The Morgan fingerprint density at radius 2 is 1.79 bits per heavy atom. The number of fused-ring (bicyclic) bond motifs is 1. The molecular formula is C16H18N4O3S. The molecule has 0 spiro atoms. The second-order valence-corrected chi connectivity index (χ2v) is 7.86. The zero-order valence-electron chi connectivity index (χ0n) is 13.4. The van der Waals surface area contributed by atoms with Crippen molar-refractivity contribution < 1.29 is 14.4 Å². The van der Waals surface area contributed by atoms with Crippen LogP contribution in [-0.4, -0.2) is 38.9 Å². The number of likely N-dealkylation sites (tertiary alicyclic amines) is 1. The number of hydrogen-bond donors (Lipinski definition) is 1. The number of aryl methyl sites for hydroxylation is 1. The first-order valence-corrected chi connectivity index (χ1v) is 8.95. The minimum absolute atomic E-state index is 0.127. The molecule has 1 aromatic rings. The standard InChI is InChI=1S/C16H18N4O3S/c1-7(13(21)17-16-19-18-8(2)24-16)20-14(22)11-9-3-4-10(6-5-9)12(11)15(20)23/h3-4,7,9-12H,5-6H2,1-2H3,(H,17,19,21)/t7-,9-,10-,11+,12+/m0/s1. The van der Waals surface area contributed by atoms with Gasteiger partial charge in [0.05, 0.1) is 11.8 Å². The van der Waals surface area contributed by atoms with Crippen LogP contribution in [0.5, 0.6) is 0 Å².